The molecule has 1 heterocycles. The molecule has 3 rings (SSSR count). The monoisotopic (exact) mass is 567 g/mol. The number of likely N-dealkylation sites (tertiary alicyclic amines) is 1. The second-order valence-electron chi connectivity index (χ2n) is 11.8. The van der Waals surface area contributed by atoms with E-state index in [1.807, 2.05) is 0 Å². The Kier molecular flexibility index (Phi) is 9.01. The van der Waals surface area contributed by atoms with E-state index in [1.165, 1.54) is 33.5 Å². The van der Waals surface area contributed by atoms with Gasteiger partial charge in [-0.2, -0.15) is 13.2 Å². The van der Waals surface area contributed by atoms with Crippen molar-refractivity contribution in [1.29, 1.82) is 0 Å². The Bertz CT molecular complexity index is 1140. The van der Waals surface area contributed by atoms with Crippen molar-refractivity contribution >= 4 is 14.0 Å². The molecule has 0 radical (unpaired) electrons. The molecule has 0 aliphatic carbocycles. The Hall–Kier alpha value is -2.72. The number of methoxy groups -OCH3 is 3. The zero-order valence-electron chi connectivity index (χ0n) is 24.1. The molecule has 1 aliphatic heterocycles. The molecule has 1 saturated heterocycles. The van der Waals surface area contributed by atoms with Crippen molar-refractivity contribution in [2.24, 2.45) is 0 Å². The predicted molar refractivity (Wildman–Crippen MR) is 147 cm³/mol. The van der Waals surface area contributed by atoms with Gasteiger partial charge in [-0.1, -0.05) is 46.0 Å². The molecule has 0 bridgehead atoms. The molecule has 0 aromatic heterocycles. The lowest BCUT2D eigenvalue weighted by atomic mass is 9.92. The van der Waals surface area contributed by atoms with Crippen LogP contribution in [-0.2, 0) is 28.7 Å². The summed E-state index contributed by atoms with van der Waals surface area (Å²) in [6.45, 7) is 11.7. The van der Waals surface area contributed by atoms with Crippen LogP contribution in [0, 0.1) is 0 Å². The molecule has 2 aromatic carbocycles. The first-order chi connectivity index (χ1) is 18.1. The second kappa shape index (κ2) is 11.4. The minimum absolute atomic E-state index is 0.0418. The normalized spacial score (nSPS) is 18.4. The van der Waals surface area contributed by atoms with E-state index in [2.05, 4.69) is 33.9 Å². The third-order valence-corrected chi connectivity index (χ3v) is 13.0. The highest BCUT2D eigenvalue weighted by Gasteiger charge is 2.50. The van der Waals surface area contributed by atoms with Crippen molar-refractivity contribution in [3.05, 3.63) is 53.1 Å². The van der Waals surface area contributed by atoms with E-state index in [-0.39, 0.29) is 17.4 Å². The quantitative estimate of drug-likeness (QED) is 0.307. The van der Waals surface area contributed by atoms with Crippen LogP contribution in [0.5, 0.6) is 17.2 Å². The molecule has 1 fully saturated rings. The summed E-state index contributed by atoms with van der Waals surface area (Å²) in [5, 5.41) is 0.0418. The van der Waals surface area contributed by atoms with Crippen LogP contribution in [0.4, 0.5) is 13.2 Å². The molecule has 2 aromatic rings. The van der Waals surface area contributed by atoms with Gasteiger partial charge in [0.05, 0.1) is 35.0 Å². The molecule has 1 amide bonds. The third kappa shape index (κ3) is 6.71. The molecule has 0 N–H and O–H groups in total. The molecular formula is C29H40F3NO5Si. The largest absolute Gasteiger partial charge is 0.493 e. The molecule has 10 heteroatoms. The summed E-state index contributed by atoms with van der Waals surface area (Å²) in [7, 11) is 2.67. The van der Waals surface area contributed by atoms with Gasteiger partial charge in [0.2, 0.25) is 5.75 Å². The molecule has 0 saturated carbocycles. The van der Waals surface area contributed by atoms with E-state index >= 15 is 0 Å². The highest BCUT2D eigenvalue weighted by Crippen LogP contribution is 2.41. The maximum absolute atomic E-state index is 14.0. The minimum Gasteiger partial charge on any atom is -0.493 e. The van der Waals surface area contributed by atoms with E-state index in [4.69, 9.17) is 18.9 Å². The van der Waals surface area contributed by atoms with Gasteiger partial charge in [0, 0.05) is 32.2 Å². The van der Waals surface area contributed by atoms with Gasteiger partial charge in [0.1, 0.15) is 0 Å². The van der Waals surface area contributed by atoms with Gasteiger partial charge >= 0.3 is 6.18 Å². The molecule has 1 unspecified atom stereocenters. The van der Waals surface area contributed by atoms with Gasteiger partial charge in [-0.3, -0.25) is 4.79 Å². The molecular weight excluding hydrogens is 527 g/mol. The lowest BCUT2D eigenvalue weighted by molar-refractivity contribution is -0.148. The number of hydrogen-bond acceptors (Lipinski definition) is 5. The smallest absolute Gasteiger partial charge is 0.416 e. The minimum atomic E-state index is -4.42. The highest BCUT2D eigenvalue weighted by atomic mass is 28.3. The first-order valence-corrected chi connectivity index (χ1v) is 16.2. The summed E-state index contributed by atoms with van der Waals surface area (Å²) < 4.78 is 62.3. The molecule has 6 nitrogen and oxygen atoms in total. The van der Waals surface area contributed by atoms with E-state index in [0.29, 0.717) is 48.6 Å². The van der Waals surface area contributed by atoms with Crippen molar-refractivity contribution in [3.8, 4) is 17.2 Å². The second-order valence-corrected chi connectivity index (χ2v) is 17.4. The summed E-state index contributed by atoms with van der Waals surface area (Å²) in [4.78, 5) is 15.7. The van der Waals surface area contributed by atoms with Crippen molar-refractivity contribution in [1.82, 2.24) is 4.90 Å². The summed E-state index contributed by atoms with van der Waals surface area (Å²) in [5.74, 6) is 1.27. The summed E-state index contributed by atoms with van der Waals surface area (Å²) in [6, 6.07) is 8.61. The van der Waals surface area contributed by atoms with Crippen molar-refractivity contribution < 1.29 is 36.9 Å². The van der Waals surface area contributed by atoms with Gasteiger partial charge in [-0.15, -0.1) is 0 Å². The van der Waals surface area contributed by atoms with Gasteiger partial charge in [0.15, 0.2) is 17.1 Å². The Balaban J connectivity index is 1.92. The lowest BCUT2D eigenvalue weighted by Gasteiger charge is -2.39. The van der Waals surface area contributed by atoms with Crippen molar-refractivity contribution in [2.45, 2.75) is 70.1 Å². The summed E-state index contributed by atoms with van der Waals surface area (Å²) >= 11 is 0. The van der Waals surface area contributed by atoms with Crippen LogP contribution in [-0.4, -0.2) is 58.6 Å². The average Bonchev–Trinajstić information content (AvgIpc) is 3.16. The first kappa shape index (κ1) is 30.8. The molecule has 1 atom stereocenters. The topological polar surface area (TPSA) is 57.2 Å². The number of halogens is 3. The Morgan fingerprint density at radius 1 is 0.923 bits per heavy atom. The maximum atomic E-state index is 14.0. The zero-order valence-corrected chi connectivity index (χ0v) is 25.1. The predicted octanol–water partition coefficient (Wildman–Crippen LogP) is 6.51. The van der Waals surface area contributed by atoms with Gasteiger partial charge in [-0.05, 0) is 40.4 Å². The Morgan fingerprint density at radius 3 is 1.95 bits per heavy atom. The number of benzene rings is 2. The van der Waals surface area contributed by atoms with Gasteiger partial charge < -0.3 is 23.8 Å². The number of carbonyl (C=O) groups is 1. The lowest BCUT2D eigenvalue weighted by Crippen LogP contribution is -2.50. The fraction of sp³-hybridized carbons (Fsp3) is 0.552. The Morgan fingerprint density at radius 2 is 1.49 bits per heavy atom. The fourth-order valence-corrected chi connectivity index (χ4v) is 5.51. The standard InChI is InChI=1S/C29H40F3NO5Si/c1-27(2,3)39(7,8)19-38-28(17-20-9-11-22(12-10-20)29(30,31)32)13-14-33(26(28)34)18-21-15-23(35-4)25(37-6)24(16-21)36-5/h9-12,15-16H,13-14,17-19H2,1-8H3. The molecule has 39 heavy (non-hydrogen) atoms. The molecule has 216 valence electrons. The van der Waals surface area contributed by atoms with Gasteiger partial charge in [0.25, 0.3) is 5.91 Å². The van der Waals surface area contributed by atoms with Crippen LogP contribution in [0.2, 0.25) is 18.1 Å². The van der Waals surface area contributed by atoms with E-state index in [1.54, 1.807) is 17.0 Å². The highest BCUT2D eigenvalue weighted by molar-refractivity contribution is 6.80. The molecule has 1 aliphatic rings. The first-order valence-electron chi connectivity index (χ1n) is 13.0. The van der Waals surface area contributed by atoms with E-state index in [0.717, 1.165) is 17.7 Å². The van der Waals surface area contributed by atoms with Gasteiger partial charge in [-0.25, -0.2) is 0 Å². The van der Waals surface area contributed by atoms with E-state index < -0.39 is 25.4 Å². The average molecular weight is 568 g/mol. The van der Waals surface area contributed by atoms with E-state index in [9.17, 15) is 18.0 Å². The van der Waals surface area contributed by atoms with Crippen LogP contribution in [0.15, 0.2) is 36.4 Å². The number of nitrogens with zero attached hydrogens (tertiary/aromatic N) is 1. The maximum Gasteiger partial charge on any atom is 0.416 e. The fourth-order valence-electron chi connectivity index (χ4n) is 4.44. The van der Waals surface area contributed by atoms with Crippen LogP contribution in [0.3, 0.4) is 0 Å². The zero-order chi connectivity index (χ0) is 29.2. The van der Waals surface area contributed by atoms with Crippen molar-refractivity contribution in [3.63, 3.8) is 0 Å². The van der Waals surface area contributed by atoms with Crippen LogP contribution in [0.1, 0.15) is 43.9 Å². The SMILES string of the molecule is COc1cc(CN2CCC(Cc3ccc(C(F)(F)F)cc3)(OC[Si](C)(C)C(C)(C)C)C2=O)cc(OC)c1OC. The molecule has 0 spiro atoms. The Labute approximate surface area is 230 Å². The summed E-state index contributed by atoms with van der Waals surface area (Å²) in [5.41, 5.74) is -0.450. The number of carbonyl (C=O) groups excluding carboxylic acids is 1. The van der Waals surface area contributed by atoms with Crippen LogP contribution < -0.4 is 14.2 Å². The number of alkyl halides is 3. The van der Waals surface area contributed by atoms with Crippen LogP contribution >= 0.6 is 0 Å². The number of rotatable bonds is 10. The number of amides is 1. The van der Waals surface area contributed by atoms with Crippen molar-refractivity contribution in [2.75, 3.05) is 34.1 Å². The summed E-state index contributed by atoms with van der Waals surface area (Å²) in [6.07, 6.45) is -3.33. The number of ether oxygens (including phenoxy) is 4. The number of hydrogen-bond donors (Lipinski definition) is 0. The third-order valence-electron chi connectivity index (χ3n) is 8.07. The van der Waals surface area contributed by atoms with Crippen LogP contribution in [0.25, 0.3) is 0 Å².